The van der Waals surface area contributed by atoms with Crippen molar-refractivity contribution in [3.8, 4) is 0 Å². The van der Waals surface area contributed by atoms with Crippen molar-refractivity contribution in [2.24, 2.45) is 0 Å². The van der Waals surface area contributed by atoms with Crippen molar-refractivity contribution >= 4 is 26.9 Å². The van der Waals surface area contributed by atoms with Crippen molar-refractivity contribution in [3.63, 3.8) is 0 Å². The van der Waals surface area contributed by atoms with Crippen LogP contribution in [-0.2, 0) is 26.1 Å². The number of hydrogen-bond acceptors (Lipinski definition) is 4. The fraction of sp³-hybridized carbons (Fsp3) is 0.348. The van der Waals surface area contributed by atoms with Crippen LogP contribution in [0.3, 0.4) is 0 Å². The van der Waals surface area contributed by atoms with Crippen LogP contribution in [0.15, 0.2) is 41.3 Å². The highest BCUT2D eigenvalue weighted by Crippen LogP contribution is 2.39. The smallest absolute Gasteiger partial charge is 0.325 e. The quantitative estimate of drug-likeness (QED) is 0.516. The van der Waals surface area contributed by atoms with E-state index >= 15 is 0 Å². The molecule has 176 valence electrons. The maximum Gasteiger partial charge on any atom is 0.325 e. The molecule has 0 aliphatic carbocycles. The van der Waals surface area contributed by atoms with Gasteiger partial charge in [-0.15, -0.1) is 0 Å². The fourth-order valence-electron chi connectivity index (χ4n) is 4.60. The monoisotopic (exact) mass is 480 g/mol. The lowest BCUT2D eigenvalue weighted by Gasteiger charge is -2.31. The molecule has 2 heterocycles. The van der Waals surface area contributed by atoms with Gasteiger partial charge in [0.2, 0.25) is 10.0 Å². The molecule has 1 aromatic heterocycles. The number of methoxy groups -OCH3 is 1. The third-order valence-corrected chi connectivity index (χ3v) is 8.15. The molecule has 0 N–H and O–H groups in total. The van der Waals surface area contributed by atoms with Gasteiger partial charge in [-0.2, -0.15) is 4.31 Å². The number of benzene rings is 2. The summed E-state index contributed by atoms with van der Waals surface area (Å²) < 4.78 is 75.0. The Kier molecular flexibility index (Phi) is 6.24. The summed E-state index contributed by atoms with van der Waals surface area (Å²) in [6, 6.07) is 6.75. The molecule has 2 aromatic carbocycles. The molecule has 1 saturated heterocycles. The van der Waals surface area contributed by atoms with Crippen LogP contribution in [0.5, 0.6) is 0 Å². The molecule has 0 radical (unpaired) electrons. The molecular weight excluding hydrogens is 457 g/mol. The van der Waals surface area contributed by atoms with Crippen LogP contribution in [0.1, 0.15) is 30.0 Å². The van der Waals surface area contributed by atoms with Crippen LogP contribution in [-0.4, -0.2) is 43.5 Å². The van der Waals surface area contributed by atoms with Crippen LogP contribution >= 0.6 is 0 Å². The van der Waals surface area contributed by atoms with Gasteiger partial charge in [-0.1, -0.05) is 0 Å². The predicted octanol–water partition coefficient (Wildman–Crippen LogP) is 4.11. The Morgan fingerprint density at radius 3 is 2.33 bits per heavy atom. The van der Waals surface area contributed by atoms with E-state index in [1.165, 1.54) is 23.5 Å². The molecule has 0 unspecified atom stereocenters. The van der Waals surface area contributed by atoms with Gasteiger partial charge in [0.15, 0.2) is 0 Å². The number of hydrogen-bond donors (Lipinski definition) is 0. The standard InChI is InChI=1S/C23H23F3N2O4S/c1-14-23(18-11-16(24)3-5-20(18)28(14)13-22(29)32-2)15-7-9-27(10-8-15)33(30,31)21-6-4-17(25)12-19(21)26/h3-6,11-12,15H,7-10,13H2,1-2H3. The highest BCUT2D eigenvalue weighted by atomic mass is 32.2. The van der Waals surface area contributed by atoms with Gasteiger partial charge in [0.05, 0.1) is 7.11 Å². The summed E-state index contributed by atoms with van der Waals surface area (Å²) in [6.07, 6.45) is 0.855. The Bertz CT molecular complexity index is 1330. The molecule has 0 bridgehead atoms. The predicted molar refractivity (Wildman–Crippen MR) is 116 cm³/mol. The highest BCUT2D eigenvalue weighted by Gasteiger charge is 2.34. The first-order valence-electron chi connectivity index (χ1n) is 10.4. The zero-order valence-electron chi connectivity index (χ0n) is 18.1. The van der Waals surface area contributed by atoms with Crippen molar-refractivity contribution < 1.29 is 31.1 Å². The van der Waals surface area contributed by atoms with Crippen LogP contribution in [0.4, 0.5) is 13.2 Å². The number of piperidine rings is 1. The van der Waals surface area contributed by atoms with Gasteiger partial charge in [0.1, 0.15) is 28.9 Å². The fourth-order valence-corrected chi connectivity index (χ4v) is 6.12. The minimum atomic E-state index is -4.12. The second-order valence-electron chi connectivity index (χ2n) is 8.08. The molecular formula is C23H23F3N2O4S. The van der Waals surface area contributed by atoms with E-state index in [9.17, 15) is 26.4 Å². The number of carbonyl (C=O) groups is 1. The van der Waals surface area contributed by atoms with Gasteiger partial charge in [-0.25, -0.2) is 21.6 Å². The van der Waals surface area contributed by atoms with Gasteiger partial charge in [0, 0.05) is 35.8 Å². The van der Waals surface area contributed by atoms with Crippen molar-refractivity contribution in [3.05, 3.63) is 65.1 Å². The molecule has 10 heteroatoms. The largest absolute Gasteiger partial charge is 0.468 e. The third kappa shape index (κ3) is 4.24. The lowest BCUT2D eigenvalue weighted by atomic mass is 9.88. The summed E-state index contributed by atoms with van der Waals surface area (Å²) in [5, 5.41) is 0.669. The van der Waals surface area contributed by atoms with E-state index in [4.69, 9.17) is 4.74 Å². The first-order chi connectivity index (χ1) is 15.6. The van der Waals surface area contributed by atoms with Gasteiger partial charge < -0.3 is 9.30 Å². The van der Waals surface area contributed by atoms with Crippen LogP contribution < -0.4 is 0 Å². The van der Waals surface area contributed by atoms with Crippen molar-refractivity contribution in [1.29, 1.82) is 0 Å². The summed E-state index contributed by atoms with van der Waals surface area (Å²) in [4.78, 5) is 11.4. The van der Waals surface area contributed by atoms with E-state index in [2.05, 4.69) is 0 Å². The van der Waals surface area contributed by atoms with Gasteiger partial charge >= 0.3 is 5.97 Å². The Hall–Kier alpha value is -2.85. The van der Waals surface area contributed by atoms with E-state index in [1.807, 2.05) is 6.92 Å². The minimum absolute atomic E-state index is 0.0263. The van der Waals surface area contributed by atoms with E-state index in [-0.39, 0.29) is 25.6 Å². The highest BCUT2D eigenvalue weighted by molar-refractivity contribution is 7.89. The van der Waals surface area contributed by atoms with Gasteiger partial charge in [0.25, 0.3) is 0 Å². The van der Waals surface area contributed by atoms with Crippen LogP contribution in [0.2, 0.25) is 0 Å². The van der Waals surface area contributed by atoms with Crippen molar-refractivity contribution in [2.45, 2.75) is 37.1 Å². The zero-order valence-corrected chi connectivity index (χ0v) is 19.0. The summed E-state index contributed by atoms with van der Waals surface area (Å²) in [6.45, 7) is 2.07. The van der Waals surface area contributed by atoms with E-state index in [0.29, 0.717) is 29.8 Å². The lowest BCUT2D eigenvalue weighted by Crippen LogP contribution is -2.38. The van der Waals surface area contributed by atoms with Crippen LogP contribution in [0.25, 0.3) is 10.9 Å². The number of sulfonamides is 1. The number of rotatable bonds is 5. The number of halogens is 3. The SMILES string of the molecule is COC(=O)Cn1c(C)c(C2CCN(S(=O)(=O)c3ccc(F)cc3F)CC2)c2cc(F)ccc21. The molecule has 0 amide bonds. The normalized spacial score (nSPS) is 15.8. The molecule has 6 nitrogen and oxygen atoms in total. The molecule has 1 aliphatic heterocycles. The zero-order chi connectivity index (χ0) is 23.9. The van der Waals surface area contributed by atoms with E-state index in [0.717, 1.165) is 23.4 Å². The van der Waals surface area contributed by atoms with E-state index in [1.54, 1.807) is 10.6 Å². The number of carbonyl (C=O) groups excluding carboxylic acids is 1. The minimum Gasteiger partial charge on any atom is -0.468 e. The first kappa shape index (κ1) is 23.3. The second kappa shape index (κ2) is 8.83. The molecule has 0 saturated carbocycles. The first-order valence-corrected chi connectivity index (χ1v) is 11.9. The average molecular weight is 481 g/mol. The Morgan fingerprint density at radius 1 is 1.06 bits per heavy atom. The Morgan fingerprint density at radius 2 is 1.70 bits per heavy atom. The third-order valence-electron chi connectivity index (χ3n) is 6.22. The Labute approximate surface area is 189 Å². The topological polar surface area (TPSA) is 68.6 Å². The van der Waals surface area contributed by atoms with Gasteiger partial charge in [-0.05, 0) is 61.6 Å². The summed E-state index contributed by atoms with van der Waals surface area (Å²) in [7, 11) is -2.83. The molecule has 1 fully saturated rings. The molecule has 1 aliphatic rings. The van der Waals surface area contributed by atoms with Crippen molar-refractivity contribution in [2.75, 3.05) is 20.2 Å². The lowest BCUT2D eigenvalue weighted by molar-refractivity contribution is -0.141. The average Bonchev–Trinajstić information content (AvgIpc) is 3.03. The van der Waals surface area contributed by atoms with E-state index < -0.39 is 38.3 Å². The molecule has 33 heavy (non-hydrogen) atoms. The number of aromatic nitrogens is 1. The number of fused-ring (bicyclic) bond motifs is 1. The van der Waals surface area contributed by atoms with Crippen molar-refractivity contribution in [1.82, 2.24) is 8.87 Å². The maximum atomic E-state index is 14.1. The summed E-state index contributed by atoms with van der Waals surface area (Å²) >= 11 is 0. The maximum absolute atomic E-state index is 14.1. The van der Waals surface area contributed by atoms with Crippen LogP contribution in [0, 0.1) is 24.4 Å². The molecule has 4 rings (SSSR count). The molecule has 0 spiro atoms. The summed E-state index contributed by atoms with van der Waals surface area (Å²) in [5.74, 6) is -2.91. The van der Waals surface area contributed by atoms with Gasteiger partial charge in [-0.3, -0.25) is 4.79 Å². The molecule has 0 atom stereocenters. The Balaban J connectivity index is 1.64. The number of nitrogens with zero attached hydrogens (tertiary/aromatic N) is 2. The molecule has 3 aromatic rings. The summed E-state index contributed by atoms with van der Waals surface area (Å²) in [5.41, 5.74) is 2.34. The number of esters is 1. The second-order valence-corrected chi connectivity index (χ2v) is 9.98. The number of ether oxygens (including phenoxy) is 1.